The van der Waals surface area contributed by atoms with Crippen molar-refractivity contribution in [3.63, 3.8) is 0 Å². The van der Waals surface area contributed by atoms with Crippen LogP contribution in [0.15, 0.2) is 71.5 Å². The molecule has 0 amide bonds. The van der Waals surface area contributed by atoms with Gasteiger partial charge in [-0.1, -0.05) is 23.2 Å². The zero-order valence-corrected chi connectivity index (χ0v) is 21.7. The first-order valence-corrected chi connectivity index (χ1v) is 11.7. The van der Waals surface area contributed by atoms with Crippen molar-refractivity contribution in [1.82, 2.24) is 4.98 Å². The highest BCUT2D eigenvalue weighted by molar-refractivity contribution is 6.31. The Morgan fingerprint density at radius 2 is 1.31 bits per heavy atom. The molecule has 1 heterocycles. The van der Waals surface area contributed by atoms with Crippen LogP contribution in [0.1, 0.15) is 10.4 Å². The fourth-order valence-electron chi connectivity index (χ4n) is 3.46. The Morgan fingerprint density at radius 3 is 1.87 bits per heavy atom. The van der Waals surface area contributed by atoms with Crippen LogP contribution in [0.5, 0.6) is 28.7 Å². The van der Waals surface area contributed by atoms with E-state index >= 15 is 0 Å². The maximum atomic E-state index is 12.2. The van der Waals surface area contributed by atoms with Gasteiger partial charge in [-0.3, -0.25) is 4.79 Å². The van der Waals surface area contributed by atoms with E-state index in [1.807, 2.05) is 0 Å². The summed E-state index contributed by atoms with van der Waals surface area (Å²) in [6.45, 7) is 0. The Bertz CT molecular complexity index is 1690. The molecule has 5 rings (SSSR count). The molecule has 0 fully saturated rings. The molecule has 0 unspecified atom stereocenters. The lowest BCUT2D eigenvalue weighted by atomic mass is 10.1. The highest BCUT2D eigenvalue weighted by Gasteiger charge is 2.11. The van der Waals surface area contributed by atoms with Crippen molar-refractivity contribution < 1.29 is 35.1 Å². The molecule has 5 aromatic rings. The summed E-state index contributed by atoms with van der Waals surface area (Å²) in [5, 5.41) is 46.8. The largest absolute Gasteiger partial charge is 0.508 e. The van der Waals surface area contributed by atoms with Gasteiger partial charge in [0.15, 0.2) is 0 Å². The van der Waals surface area contributed by atoms with Gasteiger partial charge in [-0.25, -0.2) is 4.79 Å². The molecule has 0 saturated carbocycles. The third-order valence-electron chi connectivity index (χ3n) is 5.13. The molecule has 0 aliphatic heterocycles. The summed E-state index contributed by atoms with van der Waals surface area (Å²) in [4.78, 5) is 26.2. The van der Waals surface area contributed by atoms with E-state index < -0.39 is 5.97 Å². The fraction of sp³-hybridized carbons (Fsp3) is 0.0370. The number of nitrogens with one attached hydrogen (secondary N) is 1. The van der Waals surface area contributed by atoms with Gasteiger partial charge in [0.2, 0.25) is 5.43 Å². The molecule has 1 aromatic heterocycles. The minimum atomic E-state index is -0.454. The third-order valence-corrected chi connectivity index (χ3v) is 5.60. The Kier molecular flexibility index (Phi) is 8.97. The number of carbonyl (C=O) groups excluding carboxylic acids is 1. The number of aromatic amines is 1. The average Bonchev–Trinajstić information content (AvgIpc) is 2.83. The van der Waals surface area contributed by atoms with Gasteiger partial charge >= 0.3 is 5.97 Å². The predicted octanol–water partition coefficient (Wildman–Crippen LogP) is 5.26. The van der Waals surface area contributed by atoms with Crippen molar-refractivity contribution in [2.24, 2.45) is 0 Å². The maximum Gasteiger partial charge on any atom is 0.339 e. The smallest absolute Gasteiger partial charge is 0.339 e. The van der Waals surface area contributed by atoms with E-state index in [9.17, 15) is 19.8 Å². The SMILES string of the molecule is COC(=O)c1ccc(Cl)cc1N.O=c1c2ccc(Cl)cc2[nH]c2cc(O)cc(O)c12.Oc1cc(O)cc(O)c1. The van der Waals surface area contributed by atoms with Gasteiger partial charge in [-0.15, -0.1) is 0 Å². The van der Waals surface area contributed by atoms with Crippen molar-refractivity contribution in [3.8, 4) is 28.7 Å². The van der Waals surface area contributed by atoms with E-state index in [1.165, 1.54) is 25.3 Å². The molecule has 12 heteroatoms. The van der Waals surface area contributed by atoms with Crippen LogP contribution in [0, 0.1) is 0 Å². The van der Waals surface area contributed by atoms with E-state index in [1.54, 1.807) is 24.3 Å². The Morgan fingerprint density at radius 1 is 0.769 bits per heavy atom. The lowest BCUT2D eigenvalue weighted by molar-refractivity contribution is 0.0602. The summed E-state index contributed by atoms with van der Waals surface area (Å²) >= 11 is 11.5. The number of anilines is 1. The number of benzene rings is 4. The second-order valence-electron chi connectivity index (χ2n) is 7.96. The number of H-pyrrole nitrogens is 1. The second kappa shape index (κ2) is 12.2. The summed E-state index contributed by atoms with van der Waals surface area (Å²) < 4.78 is 4.49. The highest BCUT2D eigenvalue weighted by atomic mass is 35.5. The number of aromatic hydroxyl groups is 5. The summed E-state index contributed by atoms with van der Waals surface area (Å²) in [7, 11) is 1.30. The van der Waals surface area contributed by atoms with Gasteiger partial charge in [0, 0.05) is 51.5 Å². The monoisotopic (exact) mass is 572 g/mol. The maximum absolute atomic E-state index is 12.2. The molecule has 202 valence electrons. The van der Waals surface area contributed by atoms with Gasteiger partial charge < -0.3 is 41.0 Å². The molecule has 0 aliphatic rings. The van der Waals surface area contributed by atoms with Crippen LogP contribution in [0.4, 0.5) is 5.69 Å². The van der Waals surface area contributed by atoms with Gasteiger partial charge in [0.25, 0.3) is 0 Å². The van der Waals surface area contributed by atoms with Gasteiger partial charge in [0.1, 0.15) is 28.7 Å². The molecule has 0 aliphatic carbocycles. The van der Waals surface area contributed by atoms with Crippen LogP contribution in [-0.4, -0.2) is 43.6 Å². The zero-order valence-electron chi connectivity index (χ0n) is 20.1. The molecule has 0 radical (unpaired) electrons. The quantitative estimate of drug-likeness (QED) is 0.0798. The molecule has 0 spiro atoms. The van der Waals surface area contributed by atoms with Crippen LogP contribution in [0.3, 0.4) is 0 Å². The first-order chi connectivity index (χ1) is 18.4. The molecule has 39 heavy (non-hydrogen) atoms. The normalized spacial score (nSPS) is 10.2. The van der Waals surface area contributed by atoms with Crippen molar-refractivity contribution in [1.29, 1.82) is 0 Å². The number of nitrogens with two attached hydrogens (primary N) is 1. The average molecular weight is 573 g/mol. The van der Waals surface area contributed by atoms with Gasteiger partial charge in [-0.2, -0.15) is 0 Å². The number of aromatic nitrogens is 1. The lowest BCUT2D eigenvalue weighted by Gasteiger charge is -2.05. The van der Waals surface area contributed by atoms with Crippen molar-refractivity contribution in [3.05, 3.63) is 92.6 Å². The number of nitrogen functional groups attached to an aromatic ring is 1. The summed E-state index contributed by atoms with van der Waals surface area (Å²) in [6, 6.07) is 15.4. The van der Waals surface area contributed by atoms with E-state index in [4.69, 9.17) is 44.3 Å². The Hall–Kier alpha value is -4.80. The number of esters is 1. The first-order valence-electron chi connectivity index (χ1n) is 10.9. The van der Waals surface area contributed by atoms with Crippen molar-refractivity contribution in [2.45, 2.75) is 0 Å². The van der Waals surface area contributed by atoms with E-state index in [2.05, 4.69) is 9.72 Å². The molecule has 8 N–H and O–H groups in total. The highest BCUT2D eigenvalue weighted by Crippen LogP contribution is 2.28. The van der Waals surface area contributed by atoms with Gasteiger partial charge in [0.05, 0.1) is 29.1 Å². The number of rotatable bonds is 1. The molecule has 10 nitrogen and oxygen atoms in total. The first kappa shape index (κ1) is 28.8. The van der Waals surface area contributed by atoms with Crippen LogP contribution >= 0.6 is 23.2 Å². The predicted molar refractivity (Wildman–Crippen MR) is 149 cm³/mol. The van der Waals surface area contributed by atoms with Crippen molar-refractivity contribution in [2.75, 3.05) is 12.8 Å². The summed E-state index contributed by atoms with van der Waals surface area (Å²) in [5.74, 6) is -1.25. The topological polar surface area (TPSA) is 186 Å². The lowest BCUT2D eigenvalue weighted by Crippen LogP contribution is -2.04. The Labute approximate surface area is 230 Å². The standard InChI is InChI=1S/C13H8ClNO3.C8H8ClNO2.C6H6O3/c14-6-1-2-8-9(3-6)15-10-4-7(16)5-11(17)12(10)13(8)18;1-12-8(11)6-3-2-5(9)4-7(6)10;7-4-1-5(8)3-6(9)2-4/h1-5,16-17H,(H,15,18);2-4H,10H2,1H3;1-3,7-9H. The van der Waals surface area contributed by atoms with Crippen LogP contribution in [-0.2, 0) is 4.74 Å². The van der Waals surface area contributed by atoms with Crippen LogP contribution in [0.25, 0.3) is 21.8 Å². The summed E-state index contributed by atoms with van der Waals surface area (Å²) in [5.41, 5.74) is 6.81. The minimum absolute atomic E-state index is 0.114. The van der Waals surface area contributed by atoms with E-state index in [0.717, 1.165) is 24.3 Å². The number of hydrogen-bond acceptors (Lipinski definition) is 9. The fourth-order valence-corrected chi connectivity index (χ4v) is 3.81. The molecular formula is C27H22Cl2N2O8. The second-order valence-corrected chi connectivity index (χ2v) is 8.84. The van der Waals surface area contributed by atoms with Crippen LogP contribution in [0.2, 0.25) is 10.0 Å². The number of halogens is 2. The Balaban J connectivity index is 0.000000174. The molecular weight excluding hydrogens is 551 g/mol. The zero-order chi connectivity index (χ0) is 28.9. The number of ether oxygens (including phenoxy) is 1. The summed E-state index contributed by atoms with van der Waals surface area (Å²) in [6.07, 6.45) is 0. The number of methoxy groups -OCH3 is 1. The number of phenols is 5. The van der Waals surface area contributed by atoms with E-state index in [-0.39, 0.29) is 39.6 Å². The number of hydrogen-bond donors (Lipinski definition) is 7. The molecule has 4 aromatic carbocycles. The number of carbonyl (C=O) groups is 1. The number of phenolic OH excluding ortho intramolecular Hbond substituents is 5. The number of fused-ring (bicyclic) bond motifs is 2. The van der Waals surface area contributed by atoms with Crippen molar-refractivity contribution >= 4 is 56.7 Å². The molecule has 0 saturated heterocycles. The molecule has 0 atom stereocenters. The third kappa shape index (κ3) is 7.16. The minimum Gasteiger partial charge on any atom is -0.508 e. The van der Waals surface area contributed by atoms with E-state index in [0.29, 0.717) is 37.7 Å². The van der Waals surface area contributed by atoms with Crippen LogP contribution < -0.4 is 11.2 Å². The van der Waals surface area contributed by atoms with Gasteiger partial charge in [-0.05, 0) is 36.4 Å². The number of pyridine rings is 1. The molecule has 0 bridgehead atoms.